The number of aromatic nitrogens is 3. The monoisotopic (exact) mass is 314 g/mol. The van der Waals surface area contributed by atoms with Gasteiger partial charge in [-0.15, -0.1) is 10.2 Å². The zero-order valence-corrected chi connectivity index (χ0v) is 13.6. The van der Waals surface area contributed by atoms with Gasteiger partial charge < -0.3 is 9.30 Å². The van der Waals surface area contributed by atoms with E-state index in [1.165, 1.54) is 10.6 Å². The smallest absolute Gasteiger partial charge is 0.211 e. The fourth-order valence-electron chi connectivity index (χ4n) is 2.98. The highest BCUT2D eigenvalue weighted by atomic mass is 32.2. The second kappa shape index (κ2) is 5.03. The summed E-state index contributed by atoms with van der Waals surface area (Å²) < 4.78 is 32.8. The molecule has 1 unspecified atom stereocenters. The molecule has 0 bridgehead atoms. The third-order valence-electron chi connectivity index (χ3n) is 4.25. The maximum absolute atomic E-state index is 11.7. The summed E-state index contributed by atoms with van der Waals surface area (Å²) in [6.07, 6.45) is 2.90. The molecule has 0 amide bonds. The van der Waals surface area contributed by atoms with Crippen LogP contribution >= 0.6 is 0 Å². The highest BCUT2D eigenvalue weighted by Gasteiger charge is 2.34. The Morgan fingerprint density at radius 1 is 1.33 bits per heavy atom. The molecule has 118 valence electrons. The van der Waals surface area contributed by atoms with Gasteiger partial charge in [0.25, 0.3) is 0 Å². The lowest BCUT2D eigenvalue weighted by Crippen LogP contribution is -2.42. The van der Waals surface area contributed by atoms with E-state index in [0.717, 1.165) is 31.0 Å². The first-order chi connectivity index (χ1) is 9.76. The molecule has 2 aliphatic rings. The first kappa shape index (κ1) is 14.9. The van der Waals surface area contributed by atoms with Gasteiger partial charge in [-0.05, 0) is 11.8 Å². The fraction of sp³-hybridized carbons (Fsp3) is 0.846. The van der Waals surface area contributed by atoms with Gasteiger partial charge in [-0.3, -0.25) is 0 Å². The van der Waals surface area contributed by atoms with Crippen molar-refractivity contribution >= 4 is 10.0 Å². The predicted molar refractivity (Wildman–Crippen MR) is 77.2 cm³/mol. The average molecular weight is 314 g/mol. The van der Waals surface area contributed by atoms with E-state index < -0.39 is 10.0 Å². The summed E-state index contributed by atoms with van der Waals surface area (Å²) in [6.45, 7) is 6.42. The molecule has 0 N–H and O–H groups in total. The molecule has 0 aliphatic carbocycles. The van der Waals surface area contributed by atoms with Crippen LogP contribution in [0.15, 0.2) is 0 Å². The van der Waals surface area contributed by atoms with Gasteiger partial charge in [-0.2, -0.15) is 4.31 Å². The van der Waals surface area contributed by atoms with Gasteiger partial charge in [0.05, 0.1) is 12.9 Å². The van der Waals surface area contributed by atoms with E-state index in [0.29, 0.717) is 19.7 Å². The van der Waals surface area contributed by atoms with Gasteiger partial charge in [0.1, 0.15) is 11.9 Å². The van der Waals surface area contributed by atoms with Crippen molar-refractivity contribution in [3.63, 3.8) is 0 Å². The highest BCUT2D eigenvalue weighted by molar-refractivity contribution is 7.88. The van der Waals surface area contributed by atoms with E-state index in [4.69, 9.17) is 4.74 Å². The summed E-state index contributed by atoms with van der Waals surface area (Å²) in [5.41, 5.74) is 0.204. The molecule has 0 saturated carbocycles. The third-order valence-corrected chi connectivity index (χ3v) is 5.52. The highest BCUT2D eigenvalue weighted by Crippen LogP contribution is 2.33. The van der Waals surface area contributed by atoms with Gasteiger partial charge in [0.2, 0.25) is 10.0 Å². The van der Waals surface area contributed by atoms with E-state index >= 15 is 0 Å². The maximum Gasteiger partial charge on any atom is 0.211 e. The molecule has 3 heterocycles. The van der Waals surface area contributed by atoms with E-state index in [2.05, 4.69) is 28.6 Å². The standard InChI is InChI=1S/C13H22N4O3S/c1-13(2)5-4-11-14-15-12(17(11)9-13)10-8-16(6-7-20-10)21(3,18)19/h10H,4-9H2,1-3H3. The van der Waals surface area contributed by atoms with Gasteiger partial charge in [-0.25, -0.2) is 8.42 Å². The Labute approximate surface area is 125 Å². The Hall–Kier alpha value is -0.990. The lowest BCUT2D eigenvalue weighted by molar-refractivity contribution is -0.0107. The number of rotatable bonds is 2. The Kier molecular flexibility index (Phi) is 3.58. The van der Waals surface area contributed by atoms with Crippen LogP contribution in [0.1, 0.15) is 38.0 Å². The molecule has 1 atom stereocenters. The van der Waals surface area contributed by atoms with Crippen LogP contribution in [0.25, 0.3) is 0 Å². The molecular weight excluding hydrogens is 292 g/mol. The SMILES string of the molecule is CC1(C)CCc2nnc(C3CN(S(C)(=O)=O)CCO3)n2C1. The van der Waals surface area contributed by atoms with Crippen LogP contribution in [-0.4, -0.2) is 53.4 Å². The number of aryl methyl sites for hydroxylation is 1. The van der Waals surface area contributed by atoms with Gasteiger partial charge in [0, 0.05) is 26.1 Å². The molecule has 21 heavy (non-hydrogen) atoms. The van der Waals surface area contributed by atoms with Gasteiger partial charge >= 0.3 is 0 Å². The topological polar surface area (TPSA) is 77.3 Å². The quantitative estimate of drug-likeness (QED) is 0.798. The molecule has 1 fully saturated rings. The Morgan fingerprint density at radius 2 is 2.10 bits per heavy atom. The number of hydrogen-bond donors (Lipinski definition) is 0. The van der Waals surface area contributed by atoms with Crippen LogP contribution in [0.4, 0.5) is 0 Å². The number of hydrogen-bond acceptors (Lipinski definition) is 5. The Balaban J connectivity index is 1.87. The predicted octanol–water partition coefficient (Wildman–Crippen LogP) is 0.583. The van der Waals surface area contributed by atoms with Crippen molar-refractivity contribution in [2.45, 2.75) is 39.3 Å². The largest absolute Gasteiger partial charge is 0.367 e. The van der Waals surface area contributed by atoms with Gasteiger partial charge in [0.15, 0.2) is 5.82 Å². The fourth-order valence-corrected chi connectivity index (χ4v) is 3.80. The van der Waals surface area contributed by atoms with Crippen LogP contribution in [0.5, 0.6) is 0 Å². The molecule has 0 radical (unpaired) electrons. The summed E-state index contributed by atoms with van der Waals surface area (Å²) >= 11 is 0. The van der Waals surface area contributed by atoms with Crippen LogP contribution in [0, 0.1) is 5.41 Å². The molecule has 0 aromatic carbocycles. The molecule has 7 nitrogen and oxygen atoms in total. The zero-order chi connectivity index (χ0) is 15.3. The molecular formula is C13H22N4O3S. The van der Waals surface area contributed by atoms with Crippen molar-refractivity contribution in [3.05, 3.63) is 11.6 Å². The van der Waals surface area contributed by atoms with Gasteiger partial charge in [-0.1, -0.05) is 13.8 Å². The Bertz CT molecular complexity index is 638. The van der Waals surface area contributed by atoms with Crippen LogP contribution in [0.3, 0.4) is 0 Å². The number of nitrogens with zero attached hydrogens (tertiary/aromatic N) is 4. The number of fused-ring (bicyclic) bond motifs is 1. The van der Waals surface area contributed by atoms with Crippen molar-refractivity contribution in [2.75, 3.05) is 26.0 Å². The van der Waals surface area contributed by atoms with E-state index in [1.807, 2.05) is 0 Å². The van der Waals surface area contributed by atoms with Crippen LogP contribution in [-0.2, 0) is 27.7 Å². The molecule has 0 spiro atoms. The molecule has 1 aromatic rings. The summed E-state index contributed by atoms with van der Waals surface area (Å²) in [5.74, 6) is 1.73. The molecule has 8 heteroatoms. The first-order valence-corrected chi connectivity index (χ1v) is 9.10. The minimum Gasteiger partial charge on any atom is -0.367 e. The average Bonchev–Trinajstić information content (AvgIpc) is 2.79. The summed E-state index contributed by atoms with van der Waals surface area (Å²) in [4.78, 5) is 0. The van der Waals surface area contributed by atoms with E-state index in [1.54, 1.807) is 0 Å². The molecule has 1 saturated heterocycles. The zero-order valence-electron chi connectivity index (χ0n) is 12.7. The third kappa shape index (κ3) is 2.97. The van der Waals surface area contributed by atoms with E-state index in [9.17, 15) is 8.42 Å². The first-order valence-electron chi connectivity index (χ1n) is 7.25. The maximum atomic E-state index is 11.7. The Morgan fingerprint density at radius 3 is 2.81 bits per heavy atom. The number of sulfonamides is 1. The normalized spacial score (nSPS) is 26.5. The molecule has 1 aromatic heterocycles. The second-order valence-corrected chi connectivity index (χ2v) is 8.69. The second-order valence-electron chi connectivity index (χ2n) is 6.71. The van der Waals surface area contributed by atoms with Crippen molar-refractivity contribution in [1.29, 1.82) is 0 Å². The van der Waals surface area contributed by atoms with E-state index in [-0.39, 0.29) is 11.5 Å². The minimum atomic E-state index is -3.20. The molecule has 2 aliphatic heterocycles. The lowest BCUT2D eigenvalue weighted by atomic mass is 9.85. The number of morpholine rings is 1. The summed E-state index contributed by atoms with van der Waals surface area (Å²) in [5, 5.41) is 8.52. The van der Waals surface area contributed by atoms with Crippen LogP contribution in [0.2, 0.25) is 0 Å². The van der Waals surface area contributed by atoms with Crippen molar-refractivity contribution in [2.24, 2.45) is 5.41 Å². The summed E-state index contributed by atoms with van der Waals surface area (Å²) in [7, 11) is -3.20. The van der Waals surface area contributed by atoms with Crippen LogP contribution < -0.4 is 0 Å². The minimum absolute atomic E-state index is 0.204. The van der Waals surface area contributed by atoms with Crippen molar-refractivity contribution < 1.29 is 13.2 Å². The number of ether oxygens (including phenoxy) is 1. The van der Waals surface area contributed by atoms with Crippen molar-refractivity contribution in [3.8, 4) is 0 Å². The molecule has 3 rings (SSSR count). The lowest BCUT2D eigenvalue weighted by Gasteiger charge is -2.34. The summed E-state index contributed by atoms with van der Waals surface area (Å²) in [6, 6.07) is 0. The van der Waals surface area contributed by atoms with Crippen molar-refractivity contribution in [1.82, 2.24) is 19.1 Å².